The molecule has 0 saturated carbocycles. The molecule has 0 atom stereocenters. The van der Waals surface area contributed by atoms with Gasteiger partial charge in [-0.05, 0) is 4.91 Å². The number of hydrogen-bond donors (Lipinski definition) is 0. The molecule has 1 aromatic carbocycles. The maximum absolute atomic E-state index is 11.1. The highest BCUT2D eigenvalue weighted by atomic mass is 35.5. The van der Waals surface area contributed by atoms with Crippen molar-refractivity contribution in [2.45, 2.75) is 0 Å². The van der Waals surface area contributed by atoms with Crippen LogP contribution in [0.1, 0.15) is 0 Å². The van der Waals surface area contributed by atoms with E-state index < -0.39 is 0 Å². The van der Waals surface area contributed by atoms with Gasteiger partial charge in [-0.2, -0.15) is 0 Å². The average molecular weight is 272 g/mol. The molecule has 0 amide bonds. The van der Waals surface area contributed by atoms with Gasteiger partial charge in [0.15, 0.2) is 5.22 Å². The van der Waals surface area contributed by atoms with E-state index in [1.807, 2.05) is 0 Å². The number of benzene rings is 1. The first-order valence-electron chi connectivity index (χ1n) is 3.29. The van der Waals surface area contributed by atoms with E-state index >= 15 is 0 Å². The van der Waals surface area contributed by atoms with Crippen LogP contribution < -0.4 is 0 Å². The van der Waals surface area contributed by atoms with Crippen LogP contribution in [-0.4, -0.2) is 4.87 Å². The molecule has 1 heterocycles. The smallest absolute Gasteiger partial charge is 0.0808 e. The lowest BCUT2D eigenvalue weighted by Crippen LogP contribution is -1.87. The Balaban J connectivity index is 2.89. The van der Waals surface area contributed by atoms with E-state index in [2.05, 4.69) is 10.3 Å². The Hall–Kier alpha value is -0.420. The van der Waals surface area contributed by atoms with Crippen LogP contribution in [-0.2, 0) is 0 Å². The quantitative estimate of drug-likeness (QED) is 0.382. The van der Waals surface area contributed by atoms with Crippen molar-refractivity contribution in [3.63, 3.8) is 0 Å². The number of hydrogen-bond acceptors (Lipinski definition) is 2. The zero-order valence-corrected chi connectivity index (χ0v) is 9.29. The highest BCUT2D eigenvalue weighted by Gasteiger charge is 2.36. The molecule has 2 rings (SSSR count). The van der Waals surface area contributed by atoms with Gasteiger partial charge in [-0.25, -0.2) is 0 Å². The number of nitrogens with zero attached hydrogens (tertiary/aromatic N) is 3. The number of halogens is 4. The zero-order chi connectivity index (χ0) is 10.5. The fourth-order valence-corrected chi connectivity index (χ4v) is 1.95. The van der Waals surface area contributed by atoms with E-state index in [0.29, 0.717) is 0 Å². The van der Waals surface area contributed by atoms with Crippen molar-refractivity contribution < 1.29 is 4.87 Å². The average Bonchev–Trinajstić information content (AvgIpc) is 2.54. The molecule has 0 aliphatic carbocycles. The van der Waals surface area contributed by atoms with Gasteiger partial charge in [0.25, 0.3) is 11.4 Å². The first-order chi connectivity index (χ1) is 6.54. The molecule has 0 bridgehead atoms. The Morgan fingerprint density at radius 2 is 1.50 bits per heavy atom. The predicted molar refractivity (Wildman–Crippen MR) is 54.3 cm³/mol. The number of rotatable bonds is 0. The van der Waals surface area contributed by atoms with Gasteiger partial charge in [0, 0.05) is 0 Å². The monoisotopic (exact) mass is 270 g/mol. The Labute approximate surface area is 98.0 Å². The molecular formula is C6Cl4N3O+. The minimum absolute atomic E-state index is 0.00364. The van der Waals surface area contributed by atoms with Crippen LogP contribution in [0.4, 0.5) is 11.4 Å². The molecule has 1 aliphatic heterocycles. The molecule has 72 valence electrons. The summed E-state index contributed by atoms with van der Waals surface area (Å²) in [5, 5.41) is 6.89. The first-order valence-corrected chi connectivity index (χ1v) is 4.80. The lowest BCUT2D eigenvalue weighted by atomic mass is 10.2. The van der Waals surface area contributed by atoms with Crippen LogP contribution in [0.25, 0.3) is 0 Å². The zero-order valence-electron chi connectivity index (χ0n) is 6.26. The van der Waals surface area contributed by atoms with E-state index in [-0.39, 0.29) is 36.3 Å². The second-order valence-electron chi connectivity index (χ2n) is 2.42. The van der Waals surface area contributed by atoms with Gasteiger partial charge in [-0.1, -0.05) is 46.4 Å². The van der Waals surface area contributed by atoms with E-state index in [9.17, 15) is 4.91 Å². The summed E-state index contributed by atoms with van der Waals surface area (Å²) in [5.74, 6) is 0. The van der Waals surface area contributed by atoms with Gasteiger partial charge in [0.05, 0.1) is 15.2 Å². The normalized spacial score (nSPS) is 13.6. The van der Waals surface area contributed by atoms with Crippen molar-refractivity contribution in [2.24, 2.45) is 10.3 Å². The molecule has 1 aromatic rings. The van der Waals surface area contributed by atoms with Crippen LogP contribution in [0.2, 0.25) is 20.1 Å². The second kappa shape index (κ2) is 3.31. The van der Waals surface area contributed by atoms with Gasteiger partial charge >= 0.3 is 0 Å². The van der Waals surface area contributed by atoms with Crippen molar-refractivity contribution in [1.82, 2.24) is 0 Å². The Bertz CT molecular complexity index is 485. The fraction of sp³-hybridized carbons (Fsp3) is 0. The van der Waals surface area contributed by atoms with Gasteiger partial charge < -0.3 is 0 Å². The second-order valence-corrected chi connectivity index (χ2v) is 3.93. The molecule has 14 heavy (non-hydrogen) atoms. The highest BCUT2D eigenvalue weighted by molar-refractivity contribution is 6.53. The summed E-state index contributed by atoms with van der Waals surface area (Å²) in [5.41, 5.74) is 0.159. The van der Waals surface area contributed by atoms with E-state index in [1.165, 1.54) is 0 Å². The van der Waals surface area contributed by atoms with E-state index in [0.717, 1.165) is 0 Å². The van der Waals surface area contributed by atoms with Crippen LogP contribution in [0.5, 0.6) is 0 Å². The van der Waals surface area contributed by atoms with Crippen LogP contribution in [0.3, 0.4) is 0 Å². The first kappa shape index (κ1) is 10.1. The summed E-state index contributed by atoms with van der Waals surface area (Å²) in [7, 11) is 0. The minimum atomic E-state index is -0.00364. The van der Waals surface area contributed by atoms with Crippen molar-refractivity contribution in [3.8, 4) is 0 Å². The van der Waals surface area contributed by atoms with Crippen molar-refractivity contribution in [2.75, 3.05) is 0 Å². The molecule has 8 heteroatoms. The summed E-state index contributed by atoms with van der Waals surface area (Å²) < 4.78 is 0. The third kappa shape index (κ3) is 1.22. The fourth-order valence-electron chi connectivity index (χ4n) is 1.00. The Morgan fingerprint density at radius 3 is 2.14 bits per heavy atom. The summed E-state index contributed by atoms with van der Waals surface area (Å²) in [6.07, 6.45) is 0. The lowest BCUT2D eigenvalue weighted by Gasteiger charge is -2.00. The molecule has 0 N–H and O–H groups in total. The molecule has 0 spiro atoms. The molecule has 0 radical (unpaired) electrons. The number of nitroso groups, excluding NO2 is 1. The van der Waals surface area contributed by atoms with Crippen molar-refractivity contribution in [3.05, 3.63) is 25.0 Å². The van der Waals surface area contributed by atoms with Gasteiger partial charge in [0.2, 0.25) is 0 Å². The van der Waals surface area contributed by atoms with E-state index in [1.54, 1.807) is 0 Å². The molecule has 0 saturated heterocycles. The van der Waals surface area contributed by atoms with Gasteiger partial charge in [-0.3, -0.25) is 0 Å². The largest absolute Gasteiger partial charge is 0.279 e. The molecule has 0 fully saturated rings. The van der Waals surface area contributed by atoms with Crippen LogP contribution in [0.15, 0.2) is 10.3 Å². The summed E-state index contributed by atoms with van der Waals surface area (Å²) >= 11 is 23.0. The standard InChI is InChI=1S/C6Cl4N3O/c7-1-2(8)4(10)6-5(3(1)9)11-12-13(6)14/q+1. The molecule has 4 nitrogen and oxygen atoms in total. The SMILES string of the molecule is O=[N+]1N=Nc2c(Cl)c(Cl)c(Cl)c(Cl)c21. The summed E-state index contributed by atoms with van der Waals surface area (Å²) in [6.45, 7) is 0. The third-order valence-electron chi connectivity index (χ3n) is 1.64. The lowest BCUT2D eigenvalue weighted by molar-refractivity contribution is -0.469. The maximum atomic E-state index is 11.1. The molecule has 1 aliphatic rings. The van der Waals surface area contributed by atoms with Gasteiger partial charge in [0.1, 0.15) is 14.9 Å². The molecule has 0 aromatic heterocycles. The van der Waals surface area contributed by atoms with Crippen molar-refractivity contribution in [1.29, 1.82) is 0 Å². The minimum Gasteiger partial charge on any atom is -0.0808 e. The maximum Gasteiger partial charge on any atom is 0.279 e. The Kier molecular flexibility index (Phi) is 2.39. The topological polar surface area (TPSA) is 44.8 Å². The van der Waals surface area contributed by atoms with Crippen LogP contribution >= 0.6 is 46.4 Å². The summed E-state index contributed by atoms with van der Waals surface area (Å²) in [4.78, 5) is 11.4. The third-order valence-corrected chi connectivity index (χ3v) is 3.42. The highest BCUT2D eigenvalue weighted by Crippen LogP contribution is 2.52. The molecular weight excluding hydrogens is 272 g/mol. The van der Waals surface area contributed by atoms with Gasteiger partial charge in [-0.15, -0.1) is 0 Å². The van der Waals surface area contributed by atoms with Crippen LogP contribution in [0, 0.1) is 4.91 Å². The predicted octanol–water partition coefficient (Wildman–Crippen LogP) is 4.72. The van der Waals surface area contributed by atoms with E-state index in [4.69, 9.17) is 46.4 Å². The Morgan fingerprint density at radius 1 is 0.929 bits per heavy atom. The number of fused-ring (bicyclic) bond motifs is 1. The van der Waals surface area contributed by atoms with Crippen molar-refractivity contribution >= 4 is 57.8 Å². The summed E-state index contributed by atoms with van der Waals surface area (Å²) in [6, 6.07) is 0. The molecule has 0 unspecified atom stereocenters.